The van der Waals surface area contributed by atoms with Gasteiger partial charge in [0.25, 0.3) is 0 Å². The van der Waals surface area contributed by atoms with Crippen LogP contribution in [-0.4, -0.2) is 36.1 Å². The van der Waals surface area contributed by atoms with Crippen molar-refractivity contribution in [1.29, 1.82) is 0 Å². The Morgan fingerprint density at radius 2 is 1.95 bits per heavy atom. The molecular formula is C14H19NO4S. The van der Waals surface area contributed by atoms with Crippen molar-refractivity contribution in [3.63, 3.8) is 0 Å². The van der Waals surface area contributed by atoms with E-state index < -0.39 is 25.9 Å². The summed E-state index contributed by atoms with van der Waals surface area (Å²) in [5.74, 6) is 0.439. The number of aliphatic hydroxyl groups is 1. The second-order valence-electron chi connectivity index (χ2n) is 5.77. The molecule has 0 aliphatic carbocycles. The van der Waals surface area contributed by atoms with E-state index in [2.05, 4.69) is 4.98 Å². The van der Waals surface area contributed by atoms with Gasteiger partial charge >= 0.3 is 0 Å². The summed E-state index contributed by atoms with van der Waals surface area (Å²) in [4.78, 5) is 4.29. The third kappa shape index (κ3) is 2.11. The maximum absolute atomic E-state index is 12.3. The Kier molecular flexibility index (Phi) is 3.25. The zero-order valence-electron chi connectivity index (χ0n) is 11.4. The van der Waals surface area contributed by atoms with Crippen LogP contribution in [-0.2, 0) is 15.4 Å². The Bertz CT molecular complexity index is 593. The molecule has 5 nitrogen and oxygen atoms in total. The van der Waals surface area contributed by atoms with Crippen molar-refractivity contribution in [2.45, 2.75) is 48.2 Å². The number of sulfone groups is 1. The van der Waals surface area contributed by atoms with Crippen LogP contribution < -0.4 is 4.74 Å². The van der Waals surface area contributed by atoms with Crippen LogP contribution in [0, 0.1) is 0 Å². The predicted octanol–water partition coefficient (Wildman–Crippen LogP) is 1.41. The Labute approximate surface area is 118 Å². The molecule has 0 aromatic carbocycles. The van der Waals surface area contributed by atoms with Gasteiger partial charge in [-0.25, -0.2) is 13.4 Å². The van der Waals surface area contributed by atoms with Crippen LogP contribution in [0.1, 0.15) is 37.8 Å². The smallest absolute Gasteiger partial charge is 0.213 e. The monoisotopic (exact) mass is 297 g/mol. The van der Waals surface area contributed by atoms with E-state index in [0.29, 0.717) is 24.4 Å². The first-order chi connectivity index (χ1) is 9.45. The third-order valence-electron chi connectivity index (χ3n) is 4.52. The number of ether oxygens (including phenoxy) is 1. The Morgan fingerprint density at radius 1 is 1.30 bits per heavy atom. The highest BCUT2D eigenvalue weighted by Crippen LogP contribution is 2.45. The highest BCUT2D eigenvalue weighted by atomic mass is 32.2. The molecule has 6 heteroatoms. The first kappa shape index (κ1) is 13.8. The maximum atomic E-state index is 12.3. The molecule has 2 fully saturated rings. The van der Waals surface area contributed by atoms with Crippen molar-refractivity contribution >= 4 is 9.84 Å². The molecule has 2 saturated heterocycles. The molecule has 3 heterocycles. The molecule has 2 aliphatic heterocycles. The largest absolute Gasteiger partial charge is 0.481 e. The van der Waals surface area contributed by atoms with Crippen LogP contribution in [0.4, 0.5) is 0 Å². The zero-order chi connectivity index (χ0) is 14.4. The molecule has 1 aromatic heterocycles. The summed E-state index contributed by atoms with van der Waals surface area (Å²) in [7, 11) is -1.56. The maximum Gasteiger partial charge on any atom is 0.213 e. The first-order valence-electron chi connectivity index (χ1n) is 6.92. The number of nitrogens with zero attached hydrogens (tertiary/aromatic N) is 1. The number of methoxy groups -OCH3 is 1. The van der Waals surface area contributed by atoms with Gasteiger partial charge in [-0.05, 0) is 31.7 Å². The molecule has 0 saturated carbocycles. The van der Waals surface area contributed by atoms with E-state index in [1.54, 1.807) is 18.2 Å². The molecule has 0 radical (unpaired) electrons. The minimum absolute atomic E-state index is 0.242. The molecule has 110 valence electrons. The van der Waals surface area contributed by atoms with E-state index in [9.17, 15) is 13.5 Å². The molecule has 1 N–H and O–H groups in total. The number of hydrogen-bond donors (Lipinski definition) is 1. The molecule has 1 aromatic rings. The quantitative estimate of drug-likeness (QED) is 0.893. The fourth-order valence-electron chi connectivity index (χ4n) is 3.44. The fourth-order valence-corrected chi connectivity index (χ4v) is 5.99. The molecule has 0 spiro atoms. The van der Waals surface area contributed by atoms with Crippen molar-refractivity contribution in [3.05, 3.63) is 23.9 Å². The summed E-state index contributed by atoms with van der Waals surface area (Å²) < 4.78 is 29.6. The highest BCUT2D eigenvalue weighted by Gasteiger charge is 2.51. The average Bonchev–Trinajstić information content (AvgIpc) is 2.41. The molecular weight excluding hydrogens is 278 g/mol. The Hall–Kier alpha value is -1.14. The molecule has 3 rings (SSSR count). The van der Waals surface area contributed by atoms with Gasteiger partial charge < -0.3 is 9.84 Å². The second-order valence-corrected chi connectivity index (χ2v) is 8.28. The zero-order valence-corrected chi connectivity index (χ0v) is 12.3. The lowest BCUT2D eigenvalue weighted by molar-refractivity contribution is 0.000574. The molecule has 20 heavy (non-hydrogen) atoms. The van der Waals surface area contributed by atoms with Crippen molar-refractivity contribution < 1.29 is 18.3 Å². The van der Waals surface area contributed by atoms with Gasteiger partial charge in [0.05, 0.1) is 23.3 Å². The lowest BCUT2D eigenvalue weighted by Crippen LogP contribution is -2.50. The standard InChI is InChI=1S/C14H19NO4S/c1-19-13-7-3-6-12(15-13)14(16)8-10-4-2-5-11(9-14)20(10,17)18/h3,6-7,10-11,16H,2,4-5,8-9H2,1H3. The van der Waals surface area contributed by atoms with Gasteiger partial charge in [-0.2, -0.15) is 0 Å². The molecule has 0 amide bonds. The van der Waals surface area contributed by atoms with Gasteiger partial charge in [-0.1, -0.05) is 12.5 Å². The van der Waals surface area contributed by atoms with Gasteiger partial charge in [-0.3, -0.25) is 0 Å². The minimum atomic E-state index is -3.08. The Balaban J connectivity index is 1.97. The van der Waals surface area contributed by atoms with Crippen LogP contribution in [0.3, 0.4) is 0 Å². The van der Waals surface area contributed by atoms with Crippen LogP contribution in [0.25, 0.3) is 0 Å². The number of rotatable bonds is 2. The normalized spacial score (nSPS) is 35.5. The van der Waals surface area contributed by atoms with E-state index in [0.717, 1.165) is 6.42 Å². The van der Waals surface area contributed by atoms with Crippen molar-refractivity contribution in [2.24, 2.45) is 0 Å². The van der Waals surface area contributed by atoms with Crippen LogP contribution in [0.5, 0.6) is 5.88 Å². The number of hydrogen-bond acceptors (Lipinski definition) is 5. The lowest BCUT2D eigenvalue weighted by atomic mass is 9.83. The second kappa shape index (κ2) is 4.70. The van der Waals surface area contributed by atoms with Crippen LogP contribution >= 0.6 is 0 Å². The van der Waals surface area contributed by atoms with E-state index in [1.165, 1.54) is 7.11 Å². The lowest BCUT2D eigenvalue weighted by Gasteiger charge is -2.43. The van der Waals surface area contributed by atoms with Crippen molar-refractivity contribution in [1.82, 2.24) is 4.98 Å². The van der Waals surface area contributed by atoms with Gasteiger partial charge in [0, 0.05) is 6.07 Å². The van der Waals surface area contributed by atoms with Gasteiger partial charge in [0.15, 0.2) is 9.84 Å². The molecule has 2 aliphatic rings. The van der Waals surface area contributed by atoms with Crippen molar-refractivity contribution in [3.8, 4) is 5.88 Å². The summed E-state index contributed by atoms with van der Waals surface area (Å²) in [6.07, 6.45) is 2.70. The van der Waals surface area contributed by atoms with E-state index >= 15 is 0 Å². The third-order valence-corrected chi connectivity index (χ3v) is 7.18. The van der Waals surface area contributed by atoms with E-state index in [1.807, 2.05) is 0 Å². The van der Waals surface area contributed by atoms with Gasteiger partial charge in [0.2, 0.25) is 5.88 Å². The van der Waals surface area contributed by atoms with E-state index in [4.69, 9.17) is 4.74 Å². The fraction of sp³-hybridized carbons (Fsp3) is 0.643. The van der Waals surface area contributed by atoms with E-state index in [-0.39, 0.29) is 12.8 Å². The molecule has 2 bridgehead atoms. The number of fused-ring (bicyclic) bond motifs is 2. The predicted molar refractivity (Wildman–Crippen MR) is 74.3 cm³/mol. The topological polar surface area (TPSA) is 76.5 Å². The SMILES string of the molecule is COc1cccc(C2(O)CC3CCCC(C2)S3(=O)=O)n1. The molecule has 2 atom stereocenters. The van der Waals surface area contributed by atoms with Crippen LogP contribution in [0.15, 0.2) is 18.2 Å². The Morgan fingerprint density at radius 3 is 2.55 bits per heavy atom. The summed E-state index contributed by atoms with van der Waals surface area (Å²) in [6, 6.07) is 5.24. The summed E-state index contributed by atoms with van der Waals surface area (Å²) in [5.41, 5.74) is -0.640. The summed E-state index contributed by atoms with van der Waals surface area (Å²) in [6.45, 7) is 0. The highest BCUT2D eigenvalue weighted by molar-refractivity contribution is 7.92. The van der Waals surface area contributed by atoms with Gasteiger partial charge in [0.1, 0.15) is 5.60 Å². The average molecular weight is 297 g/mol. The summed E-state index contributed by atoms with van der Waals surface area (Å²) in [5, 5.41) is 10.0. The number of pyridine rings is 1. The first-order valence-corrected chi connectivity index (χ1v) is 8.53. The summed E-state index contributed by atoms with van der Waals surface area (Å²) >= 11 is 0. The van der Waals surface area contributed by atoms with Crippen LogP contribution in [0.2, 0.25) is 0 Å². The van der Waals surface area contributed by atoms with Gasteiger partial charge in [-0.15, -0.1) is 0 Å². The minimum Gasteiger partial charge on any atom is -0.481 e. The number of aromatic nitrogens is 1. The van der Waals surface area contributed by atoms with Crippen molar-refractivity contribution in [2.75, 3.05) is 7.11 Å². The molecule has 2 unspecified atom stereocenters.